The number of nitrogens with two attached hydrogens (primary N) is 1. The van der Waals surface area contributed by atoms with E-state index in [-0.39, 0.29) is 6.04 Å². The predicted octanol–water partition coefficient (Wildman–Crippen LogP) is 1.69. The summed E-state index contributed by atoms with van der Waals surface area (Å²) in [5.41, 5.74) is 6.86. The van der Waals surface area contributed by atoms with E-state index in [9.17, 15) is 0 Å². The van der Waals surface area contributed by atoms with E-state index in [0.29, 0.717) is 6.61 Å². The minimum atomic E-state index is -0.0848. The first kappa shape index (κ1) is 11.6. The van der Waals surface area contributed by atoms with Gasteiger partial charge in [-0.25, -0.2) is 9.67 Å². The number of hydrogen-bond acceptors (Lipinski definition) is 4. The van der Waals surface area contributed by atoms with Crippen LogP contribution in [0.4, 0.5) is 0 Å². The smallest absolute Gasteiger partial charge is 0.158 e. The van der Waals surface area contributed by atoms with Gasteiger partial charge < -0.3 is 10.5 Å². The molecule has 0 amide bonds. The van der Waals surface area contributed by atoms with E-state index < -0.39 is 0 Å². The van der Waals surface area contributed by atoms with Gasteiger partial charge in [-0.1, -0.05) is 6.07 Å². The third-order valence-corrected chi connectivity index (χ3v) is 2.39. The molecule has 2 aromatic heterocycles. The molecule has 2 N–H and O–H groups in total. The Labute approximate surface area is 100 Å². The van der Waals surface area contributed by atoms with Crippen LogP contribution in [-0.2, 0) is 0 Å². The van der Waals surface area contributed by atoms with Crippen molar-refractivity contribution < 1.29 is 4.74 Å². The van der Waals surface area contributed by atoms with Gasteiger partial charge in [0.05, 0.1) is 19.0 Å². The zero-order valence-electron chi connectivity index (χ0n) is 10.00. The van der Waals surface area contributed by atoms with Gasteiger partial charge in [0.25, 0.3) is 0 Å². The van der Waals surface area contributed by atoms with Crippen LogP contribution in [0.5, 0.6) is 5.75 Å². The Bertz CT molecular complexity index is 493. The summed E-state index contributed by atoms with van der Waals surface area (Å²) in [6.07, 6.45) is 5.20. The lowest BCUT2D eigenvalue weighted by molar-refractivity contribution is 0.340. The quantitative estimate of drug-likeness (QED) is 0.871. The maximum Gasteiger partial charge on any atom is 0.158 e. The zero-order chi connectivity index (χ0) is 12.3. The van der Waals surface area contributed by atoms with Crippen LogP contribution in [0, 0.1) is 0 Å². The highest BCUT2D eigenvalue weighted by molar-refractivity contribution is 5.36. The lowest BCUT2D eigenvalue weighted by Crippen LogP contribution is -2.11. The van der Waals surface area contributed by atoms with Crippen molar-refractivity contribution >= 4 is 0 Å². The van der Waals surface area contributed by atoms with E-state index in [1.807, 2.05) is 26.0 Å². The molecule has 0 saturated heterocycles. The molecule has 0 aliphatic rings. The maximum absolute atomic E-state index is 5.90. The van der Waals surface area contributed by atoms with Gasteiger partial charge in [-0.05, 0) is 19.9 Å². The molecule has 0 fully saturated rings. The summed E-state index contributed by atoms with van der Waals surface area (Å²) in [6.45, 7) is 4.48. The monoisotopic (exact) mass is 232 g/mol. The molecule has 0 aliphatic carbocycles. The van der Waals surface area contributed by atoms with Gasteiger partial charge in [0.15, 0.2) is 11.6 Å². The highest BCUT2D eigenvalue weighted by Gasteiger charge is 2.10. The van der Waals surface area contributed by atoms with E-state index in [1.54, 1.807) is 23.3 Å². The Hall–Kier alpha value is -1.88. The second-order valence-corrected chi connectivity index (χ2v) is 3.76. The van der Waals surface area contributed by atoms with Crippen LogP contribution >= 0.6 is 0 Å². The van der Waals surface area contributed by atoms with Gasteiger partial charge in [0.2, 0.25) is 0 Å². The number of hydrogen-bond donors (Lipinski definition) is 1. The molecule has 2 aromatic rings. The molecule has 5 nitrogen and oxygen atoms in total. The average molecular weight is 232 g/mol. The molecular formula is C12H16N4O. The molecule has 0 saturated carbocycles. The Morgan fingerprint density at radius 1 is 1.53 bits per heavy atom. The molecule has 5 heteroatoms. The fraction of sp³-hybridized carbons (Fsp3) is 0.333. The maximum atomic E-state index is 5.90. The molecule has 0 aliphatic heterocycles. The van der Waals surface area contributed by atoms with E-state index >= 15 is 0 Å². The van der Waals surface area contributed by atoms with Crippen LogP contribution in [0.25, 0.3) is 5.82 Å². The zero-order valence-corrected chi connectivity index (χ0v) is 10.00. The topological polar surface area (TPSA) is 66.0 Å². The van der Waals surface area contributed by atoms with Crippen molar-refractivity contribution in [1.29, 1.82) is 0 Å². The molecule has 0 aromatic carbocycles. The van der Waals surface area contributed by atoms with Crippen LogP contribution in [-0.4, -0.2) is 21.4 Å². The van der Waals surface area contributed by atoms with Crippen molar-refractivity contribution in [2.45, 2.75) is 19.9 Å². The van der Waals surface area contributed by atoms with Crippen LogP contribution in [0.1, 0.15) is 25.5 Å². The first-order chi connectivity index (χ1) is 8.22. The number of ether oxygens (including phenoxy) is 1. The highest BCUT2D eigenvalue weighted by atomic mass is 16.5. The van der Waals surface area contributed by atoms with Gasteiger partial charge >= 0.3 is 0 Å². The lowest BCUT2D eigenvalue weighted by atomic mass is 10.1. The highest BCUT2D eigenvalue weighted by Crippen LogP contribution is 2.19. The van der Waals surface area contributed by atoms with Crippen LogP contribution < -0.4 is 10.5 Å². The van der Waals surface area contributed by atoms with Gasteiger partial charge in [-0.3, -0.25) is 0 Å². The van der Waals surface area contributed by atoms with E-state index in [2.05, 4.69) is 10.1 Å². The van der Waals surface area contributed by atoms with Crippen molar-refractivity contribution in [3.05, 3.63) is 36.3 Å². The summed E-state index contributed by atoms with van der Waals surface area (Å²) >= 11 is 0. The molecule has 0 radical (unpaired) electrons. The minimum absolute atomic E-state index is 0.0848. The summed E-state index contributed by atoms with van der Waals surface area (Å²) < 4.78 is 7.05. The molecule has 2 rings (SSSR count). The summed E-state index contributed by atoms with van der Waals surface area (Å²) in [7, 11) is 0. The molecule has 0 bridgehead atoms. The standard InChI is InChI=1S/C12H16N4O/c1-3-17-10-7-15-16(8-10)12-11(9(2)13)5-4-6-14-12/h4-9H,3,13H2,1-2H3. The summed E-state index contributed by atoms with van der Waals surface area (Å²) in [5.74, 6) is 1.47. The van der Waals surface area contributed by atoms with Crippen molar-refractivity contribution in [1.82, 2.24) is 14.8 Å². The molecule has 1 atom stereocenters. The Balaban J connectivity index is 2.38. The molecule has 17 heavy (non-hydrogen) atoms. The lowest BCUT2D eigenvalue weighted by Gasteiger charge is -2.10. The molecule has 1 unspecified atom stereocenters. The van der Waals surface area contributed by atoms with Gasteiger partial charge in [-0.2, -0.15) is 5.10 Å². The SMILES string of the molecule is CCOc1cnn(-c2ncccc2C(C)N)c1. The van der Waals surface area contributed by atoms with Crippen molar-refractivity contribution in [2.24, 2.45) is 5.73 Å². The van der Waals surface area contributed by atoms with E-state index in [1.165, 1.54) is 0 Å². The fourth-order valence-electron chi connectivity index (χ4n) is 1.62. The van der Waals surface area contributed by atoms with Crippen molar-refractivity contribution in [3.8, 4) is 11.6 Å². The molecular weight excluding hydrogens is 216 g/mol. The number of nitrogens with zero attached hydrogens (tertiary/aromatic N) is 3. The third kappa shape index (κ3) is 2.45. The Kier molecular flexibility index (Phi) is 3.39. The molecule has 0 spiro atoms. The normalized spacial score (nSPS) is 12.4. The van der Waals surface area contributed by atoms with Crippen LogP contribution in [0.3, 0.4) is 0 Å². The van der Waals surface area contributed by atoms with Crippen molar-refractivity contribution in [3.63, 3.8) is 0 Å². The number of pyridine rings is 1. The van der Waals surface area contributed by atoms with Gasteiger partial charge in [-0.15, -0.1) is 0 Å². The first-order valence-electron chi connectivity index (χ1n) is 5.60. The van der Waals surface area contributed by atoms with E-state index in [4.69, 9.17) is 10.5 Å². The van der Waals surface area contributed by atoms with Crippen LogP contribution in [0.2, 0.25) is 0 Å². The first-order valence-corrected chi connectivity index (χ1v) is 5.60. The summed E-state index contributed by atoms with van der Waals surface area (Å²) in [5, 5.41) is 4.22. The van der Waals surface area contributed by atoms with Crippen LogP contribution in [0.15, 0.2) is 30.7 Å². The Morgan fingerprint density at radius 2 is 2.35 bits per heavy atom. The Morgan fingerprint density at radius 3 is 3.06 bits per heavy atom. The summed E-state index contributed by atoms with van der Waals surface area (Å²) in [4.78, 5) is 4.31. The minimum Gasteiger partial charge on any atom is -0.491 e. The third-order valence-electron chi connectivity index (χ3n) is 2.39. The fourth-order valence-corrected chi connectivity index (χ4v) is 1.62. The summed E-state index contributed by atoms with van der Waals surface area (Å²) in [6, 6.07) is 3.74. The van der Waals surface area contributed by atoms with E-state index in [0.717, 1.165) is 17.1 Å². The largest absolute Gasteiger partial charge is 0.491 e. The predicted molar refractivity (Wildman–Crippen MR) is 65.1 cm³/mol. The molecule has 2 heterocycles. The van der Waals surface area contributed by atoms with Gasteiger partial charge in [0.1, 0.15) is 0 Å². The molecule has 90 valence electrons. The average Bonchev–Trinajstić information content (AvgIpc) is 2.78. The number of rotatable bonds is 4. The van der Waals surface area contributed by atoms with Crippen molar-refractivity contribution in [2.75, 3.05) is 6.61 Å². The second-order valence-electron chi connectivity index (χ2n) is 3.76. The second kappa shape index (κ2) is 4.97. The van der Waals surface area contributed by atoms with Gasteiger partial charge in [0, 0.05) is 17.8 Å². The number of aromatic nitrogens is 3.